The van der Waals surface area contributed by atoms with Gasteiger partial charge in [-0.15, -0.1) is 0 Å². The van der Waals surface area contributed by atoms with Crippen molar-refractivity contribution < 1.29 is 4.79 Å². The summed E-state index contributed by atoms with van der Waals surface area (Å²) < 4.78 is 0. The molecule has 0 saturated heterocycles. The molecular weight excluding hydrogens is 134 g/mol. The van der Waals surface area contributed by atoms with Crippen molar-refractivity contribution in [2.24, 2.45) is 5.73 Å². The Morgan fingerprint density at radius 2 is 1.80 bits per heavy atom. The molecule has 0 aliphatic rings. The minimum Gasteiger partial charge on any atom is -0.366 e. The number of nitrogens with two attached hydrogens (primary N) is 1. The molecule has 6 heteroatoms. The average Bonchev–Trinajstić information content (AvgIpc) is 1.87. The summed E-state index contributed by atoms with van der Waals surface area (Å²) in [5.41, 5.74) is 4.74. The van der Waals surface area contributed by atoms with Crippen molar-refractivity contribution in [1.82, 2.24) is 10.6 Å². The van der Waals surface area contributed by atoms with Crippen LogP contribution in [0.25, 0.3) is 0 Å². The number of nitrogens with one attached hydrogen (secondary N) is 2. The van der Waals surface area contributed by atoms with Crippen LogP contribution in [-0.2, 0) is 4.79 Å². The lowest BCUT2D eigenvalue weighted by Gasteiger charge is -2.06. The first-order valence-electron chi connectivity index (χ1n) is 2.31. The Bertz CT molecular complexity index is 183. The summed E-state index contributed by atoms with van der Waals surface area (Å²) in [7, 11) is 0. The molecular formula is C4H5N5O. The minimum atomic E-state index is -1.10. The molecule has 0 aliphatic carbocycles. The second-order valence-electron chi connectivity index (χ2n) is 1.35. The first-order valence-corrected chi connectivity index (χ1v) is 2.31. The fourth-order valence-corrected chi connectivity index (χ4v) is 0.307. The van der Waals surface area contributed by atoms with Crippen LogP contribution in [0.1, 0.15) is 0 Å². The van der Waals surface area contributed by atoms with Crippen LogP contribution in [0.2, 0.25) is 0 Å². The maximum atomic E-state index is 10.3. The molecule has 0 aromatic heterocycles. The van der Waals surface area contributed by atoms with Gasteiger partial charge in [-0.1, -0.05) is 0 Å². The highest BCUT2D eigenvalue weighted by Crippen LogP contribution is 1.70. The van der Waals surface area contributed by atoms with E-state index in [2.05, 4.69) is 0 Å². The predicted octanol–water partition coefficient (Wildman–Crippen LogP) is -2.06. The highest BCUT2D eigenvalue weighted by molar-refractivity contribution is 5.79. The van der Waals surface area contributed by atoms with Gasteiger partial charge in [0.05, 0.1) is 0 Å². The van der Waals surface area contributed by atoms with Gasteiger partial charge in [-0.05, 0) is 0 Å². The molecule has 0 spiro atoms. The molecule has 4 N–H and O–H groups in total. The van der Waals surface area contributed by atoms with E-state index in [-0.39, 0.29) is 0 Å². The highest BCUT2D eigenvalue weighted by Gasteiger charge is 2.11. The zero-order chi connectivity index (χ0) is 7.98. The van der Waals surface area contributed by atoms with Crippen molar-refractivity contribution >= 4 is 5.91 Å². The Morgan fingerprint density at radius 3 is 2.00 bits per heavy atom. The zero-order valence-corrected chi connectivity index (χ0v) is 4.96. The maximum Gasteiger partial charge on any atom is 0.262 e. The summed E-state index contributed by atoms with van der Waals surface area (Å²) in [6.45, 7) is 0. The lowest BCUT2D eigenvalue weighted by atomic mass is 10.5. The van der Waals surface area contributed by atoms with E-state index in [0.29, 0.717) is 0 Å². The van der Waals surface area contributed by atoms with Crippen LogP contribution in [0.4, 0.5) is 0 Å². The van der Waals surface area contributed by atoms with Gasteiger partial charge in [0.25, 0.3) is 5.91 Å². The third-order valence-electron chi connectivity index (χ3n) is 0.702. The summed E-state index contributed by atoms with van der Waals surface area (Å²) in [4.78, 5) is 10.3. The number of nitriles is 2. The highest BCUT2D eigenvalue weighted by atomic mass is 16.1. The number of carbonyl (C=O) groups excluding carboxylic acids is 1. The molecule has 1 amide bonds. The summed E-state index contributed by atoms with van der Waals surface area (Å²) in [6.07, 6.45) is 1.84. The van der Waals surface area contributed by atoms with Crippen molar-refractivity contribution in [3.8, 4) is 12.4 Å². The topological polar surface area (TPSA) is 115 Å². The van der Waals surface area contributed by atoms with E-state index in [0.717, 1.165) is 0 Å². The monoisotopic (exact) mass is 139 g/mol. The summed E-state index contributed by atoms with van der Waals surface area (Å²) in [5.74, 6) is -0.803. The molecule has 0 heterocycles. The van der Waals surface area contributed by atoms with Gasteiger partial charge in [-0.3, -0.25) is 15.4 Å². The van der Waals surface area contributed by atoms with Gasteiger partial charge in [-0.25, -0.2) is 0 Å². The van der Waals surface area contributed by atoms with E-state index < -0.39 is 12.1 Å². The predicted molar refractivity (Wildman–Crippen MR) is 30.5 cm³/mol. The number of amides is 1. The largest absolute Gasteiger partial charge is 0.366 e. The van der Waals surface area contributed by atoms with E-state index in [1.165, 1.54) is 12.4 Å². The first kappa shape index (κ1) is 8.05. The third kappa shape index (κ3) is 2.38. The van der Waals surface area contributed by atoms with Crippen LogP contribution < -0.4 is 16.4 Å². The van der Waals surface area contributed by atoms with Crippen LogP contribution in [0.5, 0.6) is 0 Å². The smallest absolute Gasteiger partial charge is 0.262 e. The molecule has 0 radical (unpaired) electrons. The molecule has 0 rings (SSSR count). The number of hydrogen-bond acceptors (Lipinski definition) is 5. The van der Waals surface area contributed by atoms with Gasteiger partial charge in [0.15, 0.2) is 18.6 Å². The minimum absolute atomic E-state index is 0.803. The zero-order valence-electron chi connectivity index (χ0n) is 4.96. The number of rotatable bonds is 3. The fraction of sp³-hybridized carbons (Fsp3) is 0.250. The lowest BCUT2D eigenvalue weighted by molar-refractivity contribution is -0.120. The SMILES string of the molecule is N#CNC(NC#N)C(N)=O. The van der Waals surface area contributed by atoms with Crippen LogP contribution >= 0.6 is 0 Å². The number of nitrogens with zero attached hydrogens (tertiary/aromatic N) is 2. The molecule has 0 aromatic rings. The first-order chi connectivity index (χ1) is 4.72. The van der Waals surface area contributed by atoms with Gasteiger partial charge in [0.2, 0.25) is 0 Å². The van der Waals surface area contributed by atoms with E-state index in [9.17, 15) is 4.79 Å². The second-order valence-corrected chi connectivity index (χ2v) is 1.35. The fourth-order valence-electron chi connectivity index (χ4n) is 0.307. The molecule has 0 aromatic carbocycles. The molecule has 0 fully saturated rings. The molecule has 0 saturated carbocycles. The Morgan fingerprint density at radius 1 is 1.40 bits per heavy atom. The second kappa shape index (κ2) is 3.98. The summed E-state index contributed by atoms with van der Waals surface area (Å²) in [6, 6.07) is 0. The maximum absolute atomic E-state index is 10.3. The molecule has 0 atom stereocenters. The molecule has 0 unspecified atom stereocenters. The molecule has 0 aliphatic heterocycles. The van der Waals surface area contributed by atoms with Crippen LogP contribution in [0.3, 0.4) is 0 Å². The van der Waals surface area contributed by atoms with Gasteiger partial charge in [-0.2, -0.15) is 10.5 Å². The van der Waals surface area contributed by atoms with E-state index >= 15 is 0 Å². The van der Waals surface area contributed by atoms with Gasteiger partial charge >= 0.3 is 0 Å². The van der Waals surface area contributed by atoms with Crippen LogP contribution in [0, 0.1) is 22.9 Å². The number of hydrogen-bond donors (Lipinski definition) is 3. The van der Waals surface area contributed by atoms with Gasteiger partial charge < -0.3 is 5.73 Å². The summed E-state index contributed by atoms with van der Waals surface area (Å²) >= 11 is 0. The van der Waals surface area contributed by atoms with Crippen molar-refractivity contribution in [2.45, 2.75) is 6.17 Å². The number of carbonyl (C=O) groups is 1. The van der Waals surface area contributed by atoms with Crippen molar-refractivity contribution in [2.75, 3.05) is 0 Å². The van der Waals surface area contributed by atoms with Crippen LogP contribution in [-0.4, -0.2) is 12.1 Å². The normalized spacial score (nSPS) is 7.50. The molecule has 6 nitrogen and oxygen atoms in total. The van der Waals surface area contributed by atoms with E-state index in [4.69, 9.17) is 16.3 Å². The van der Waals surface area contributed by atoms with E-state index in [1.807, 2.05) is 10.6 Å². The lowest BCUT2D eigenvalue weighted by Crippen LogP contribution is -2.47. The van der Waals surface area contributed by atoms with Gasteiger partial charge in [0.1, 0.15) is 0 Å². The quantitative estimate of drug-likeness (QED) is 0.236. The average molecular weight is 139 g/mol. The van der Waals surface area contributed by atoms with Gasteiger partial charge in [0, 0.05) is 0 Å². The number of primary amides is 1. The standard InChI is InChI=1S/C4H5N5O/c5-1-8-4(3(7)10)9-2-6/h4,8-9H,(H2,7,10). The molecule has 10 heavy (non-hydrogen) atoms. The van der Waals surface area contributed by atoms with Crippen molar-refractivity contribution in [1.29, 1.82) is 10.5 Å². The van der Waals surface area contributed by atoms with Crippen molar-refractivity contribution in [3.05, 3.63) is 0 Å². The van der Waals surface area contributed by atoms with Crippen molar-refractivity contribution in [3.63, 3.8) is 0 Å². The Balaban J connectivity index is 3.90. The summed E-state index contributed by atoms with van der Waals surface area (Å²) in [5, 5.41) is 19.9. The molecule has 0 bridgehead atoms. The Hall–Kier alpha value is -1.95. The van der Waals surface area contributed by atoms with E-state index in [1.54, 1.807) is 0 Å². The third-order valence-corrected chi connectivity index (χ3v) is 0.702. The Kier molecular flexibility index (Phi) is 3.21. The van der Waals surface area contributed by atoms with Crippen LogP contribution in [0.15, 0.2) is 0 Å². The molecule has 52 valence electrons. The Labute approximate surface area is 57.2 Å².